The standard InChI is InChI=1S/C23H17Cl2N4O/c1-15-5-4-6-17(11-15)28-23-27-14-26-22(29-23)18-7-2-3-8-21(18)30-13-16-9-10-19(24)20(25)12-16/h2-12,14H,1,13H2,(H,26,27,28,29). The average molecular weight is 436 g/mol. The lowest BCUT2D eigenvalue weighted by Crippen LogP contribution is -2.02. The molecule has 0 atom stereocenters. The van der Waals surface area contributed by atoms with E-state index in [1.165, 1.54) is 6.33 Å². The highest BCUT2D eigenvalue weighted by Gasteiger charge is 2.11. The summed E-state index contributed by atoms with van der Waals surface area (Å²) in [5.41, 5.74) is 3.42. The predicted octanol–water partition coefficient (Wildman–Crippen LogP) is 6.35. The number of para-hydroxylation sites is 1. The lowest BCUT2D eigenvalue weighted by molar-refractivity contribution is 0.307. The molecule has 1 radical (unpaired) electrons. The second-order valence-corrected chi connectivity index (χ2v) is 7.31. The van der Waals surface area contributed by atoms with Gasteiger partial charge in [0.1, 0.15) is 18.7 Å². The minimum absolute atomic E-state index is 0.334. The first kappa shape index (κ1) is 20.1. The number of hydrogen-bond acceptors (Lipinski definition) is 5. The van der Waals surface area contributed by atoms with Crippen molar-refractivity contribution in [3.8, 4) is 17.1 Å². The SMILES string of the molecule is [CH2]c1cccc(Nc2ncnc(-c3ccccc3OCc3ccc(Cl)c(Cl)c3)n2)c1. The van der Waals surface area contributed by atoms with Crippen LogP contribution in [0, 0.1) is 6.92 Å². The average Bonchev–Trinajstić information content (AvgIpc) is 2.75. The van der Waals surface area contributed by atoms with E-state index in [0.29, 0.717) is 34.2 Å². The summed E-state index contributed by atoms with van der Waals surface area (Å²) in [6.07, 6.45) is 1.47. The maximum atomic E-state index is 6.09. The molecule has 0 aliphatic carbocycles. The molecule has 30 heavy (non-hydrogen) atoms. The van der Waals surface area contributed by atoms with Gasteiger partial charge < -0.3 is 10.1 Å². The second kappa shape index (κ2) is 9.11. The number of anilines is 2. The van der Waals surface area contributed by atoms with E-state index in [0.717, 1.165) is 22.4 Å². The van der Waals surface area contributed by atoms with Gasteiger partial charge in [-0.05, 0) is 54.4 Å². The van der Waals surface area contributed by atoms with E-state index in [9.17, 15) is 0 Å². The molecule has 1 heterocycles. The van der Waals surface area contributed by atoms with E-state index in [-0.39, 0.29) is 0 Å². The number of aromatic nitrogens is 3. The molecule has 4 aromatic rings. The Hall–Kier alpha value is -3.15. The Balaban J connectivity index is 1.56. The first-order valence-electron chi connectivity index (χ1n) is 9.13. The first-order chi connectivity index (χ1) is 14.6. The van der Waals surface area contributed by atoms with Crippen molar-refractivity contribution in [1.82, 2.24) is 15.0 Å². The molecule has 0 amide bonds. The van der Waals surface area contributed by atoms with Crippen molar-refractivity contribution in [1.29, 1.82) is 0 Å². The molecule has 7 heteroatoms. The molecule has 4 rings (SSSR count). The Labute approximate surface area is 184 Å². The van der Waals surface area contributed by atoms with Gasteiger partial charge in [-0.1, -0.05) is 53.5 Å². The summed E-state index contributed by atoms with van der Waals surface area (Å²) in [5, 5.41) is 4.17. The molecule has 0 unspecified atom stereocenters. The predicted molar refractivity (Wildman–Crippen MR) is 120 cm³/mol. The minimum atomic E-state index is 0.334. The summed E-state index contributed by atoms with van der Waals surface area (Å²) in [6.45, 7) is 4.26. The van der Waals surface area contributed by atoms with E-state index in [4.69, 9.17) is 27.9 Å². The van der Waals surface area contributed by atoms with Crippen LogP contribution < -0.4 is 10.1 Å². The van der Waals surface area contributed by atoms with Crippen LogP contribution in [0.5, 0.6) is 5.75 Å². The van der Waals surface area contributed by atoms with E-state index in [2.05, 4.69) is 27.2 Å². The molecule has 0 aliphatic heterocycles. The number of nitrogens with zero attached hydrogens (tertiary/aromatic N) is 3. The second-order valence-electron chi connectivity index (χ2n) is 6.49. The number of rotatable bonds is 6. The third-order valence-electron chi connectivity index (χ3n) is 4.26. The lowest BCUT2D eigenvalue weighted by atomic mass is 10.2. The van der Waals surface area contributed by atoms with Gasteiger partial charge in [-0.15, -0.1) is 0 Å². The minimum Gasteiger partial charge on any atom is -0.488 e. The molecule has 1 aromatic heterocycles. The largest absolute Gasteiger partial charge is 0.488 e. The fourth-order valence-electron chi connectivity index (χ4n) is 2.83. The first-order valence-corrected chi connectivity index (χ1v) is 9.88. The van der Waals surface area contributed by atoms with E-state index in [1.807, 2.05) is 54.6 Å². The monoisotopic (exact) mass is 435 g/mol. The van der Waals surface area contributed by atoms with Crippen LogP contribution in [0.4, 0.5) is 11.6 Å². The molecule has 149 valence electrons. The number of hydrogen-bond donors (Lipinski definition) is 1. The van der Waals surface area contributed by atoms with Crippen molar-refractivity contribution >= 4 is 34.8 Å². The van der Waals surface area contributed by atoms with Crippen LogP contribution in [0.2, 0.25) is 10.0 Å². The van der Waals surface area contributed by atoms with Crippen LogP contribution in [-0.2, 0) is 6.61 Å². The summed E-state index contributed by atoms with van der Waals surface area (Å²) in [7, 11) is 0. The topological polar surface area (TPSA) is 59.9 Å². The number of nitrogens with one attached hydrogen (secondary N) is 1. The summed E-state index contributed by atoms with van der Waals surface area (Å²) in [6, 6.07) is 20.7. The van der Waals surface area contributed by atoms with Crippen LogP contribution in [-0.4, -0.2) is 15.0 Å². The van der Waals surface area contributed by atoms with E-state index < -0.39 is 0 Å². The Morgan fingerprint density at radius 3 is 2.60 bits per heavy atom. The van der Waals surface area contributed by atoms with Crippen molar-refractivity contribution in [2.75, 3.05) is 5.32 Å². The Kier molecular flexibility index (Phi) is 6.12. The Bertz CT molecular complexity index is 1180. The van der Waals surface area contributed by atoms with Gasteiger partial charge in [0, 0.05) is 5.69 Å². The summed E-state index contributed by atoms with van der Waals surface area (Å²) >= 11 is 12.1. The molecule has 0 bridgehead atoms. The smallest absolute Gasteiger partial charge is 0.230 e. The van der Waals surface area contributed by atoms with Gasteiger partial charge in [0.05, 0.1) is 15.6 Å². The zero-order valence-electron chi connectivity index (χ0n) is 15.8. The van der Waals surface area contributed by atoms with Crippen molar-refractivity contribution in [2.24, 2.45) is 0 Å². The Morgan fingerprint density at radius 2 is 1.77 bits per heavy atom. The molecule has 0 saturated carbocycles. The van der Waals surface area contributed by atoms with Crippen LogP contribution in [0.15, 0.2) is 73.1 Å². The molecule has 3 aromatic carbocycles. The van der Waals surface area contributed by atoms with Crippen molar-refractivity contribution in [2.45, 2.75) is 6.61 Å². The van der Waals surface area contributed by atoms with Gasteiger partial charge in [-0.3, -0.25) is 0 Å². The molecule has 0 aliphatic rings. The molecule has 1 N–H and O–H groups in total. The number of halogens is 2. The summed E-state index contributed by atoms with van der Waals surface area (Å²) in [4.78, 5) is 13.1. The fourth-order valence-corrected chi connectivity index (χ4v) is 3.15. The van der Waals surface area contributed by atoms with Gasteiger partial charge in [-0.25, -0.2) is 9.97 Å². The van der Waals surface area contributed by atoms with Gasteiger partial charge >= 0.3 is 0 Å². The molecule has 0 spiro atoms. The summed E-state index contributed by atoms with van der Waals surface area (Å²) < 4.78 is 6.02. The van der Waals surface area contributed by atoms with Crippen LogP contribution in [0.1, 0.15) is 11.1 Å². The fraction of sp³-hybridized carbons (Fsp3) is 0.0435. The normalized spacial score (nSPS) is 10.6. The molecule has 5 nitrogen and oxygen atoms in total. The van der Waals surface area contributed by atoms with Crippen molar-refractivity contribution < 1.29 is 4.74 Å². The third-order valence-corrected chi connectivity index (χ3v) is 5.00. The van der Waals surface area contributed by atoms with E-state index in [1.54, 1.807) is 12.1 Å². The van der Waals surface area contributed by atoms with Crippen LogP contribution in [0.3, 0.4) is 0 Å². The molecule has 0 fully saturated rings. The van der Waals surface area contributed by atoms with Crippen molar-refractivity contribution in [3.63, 3.8) is 0 Å². The Morgan fingerprint density at radius 1 is 0.900 bits per heavy atom. The lowest BCUT2D eigenvalue weighted by Gasteiger charge is -2.12. The van der Waals surface area contributed by atoms with Gasteiger partial charge in [-0.2, -0.15) is 4.98 Å². The number of ether oxygens (including phenoxy) is 1. The maximum Gasteiger partial charge on any atom is 0.230 e. The number of benzene rings is 3. The van der Waals surface area contributed by atoms with Crippen LogP contribution in [0.25, 0.3) is 11.4 Å². The molecular formula is C23H17Cl2N4O. The van der Waals surface area contributed by atoms with E-state index >= 15 is 0 Å². The highest BCUT2D eigenvalue weighted by atomic mass is 35.5. The zero-order valence-corrected chi connectivity index (χ0v) is 17.4. The van der Waals surface area contributed by atoms with Crippen LogP contribution >= 0.6 is 23.2 Å². The zero-order chi connectivity index (χ0) is 20.9. The highest BCUT2D eigenvalue weighted by molar-refractivity contribution is 6.42. The van der Waals surface area contributed by atoms with Crippen molar-refractivity contribution in [3.05, 3.63) is 101 Å². The van der Waals surface area contributed by atoms with Gasteiger partial charge in [0.25, 0.3) is 0 Å². The quantitative estimate of drug-likeness (QED) is 0.382. The summed E-state index contributed by atoms with van der Waals surface area (Å²) in [5.74, 6) is 1.59. The van der Waals surface area contributed by atoms with Gasteiger partial charge in [0.15, 0.2) is 5.82 Å². The van der Waals surface area contributed by atoms with Gasteiger partial charge in [0.2, 0.25) is 5.95 Å². The molecule has 0 saturated heterocycles. The highest BCUT2D eigenvalue weighted by Crippen LogP contribution is 2.29. The maximum absolute atomic E-state index is 6.09. The molecular weight excluding hydrogens is 419 g/mol. The third kappa shape index (κ3) is 4.87.